The molecule has 1 heterocycles. The van der Waals surface area contributed by atoms with Gasteiger partial charge in [-0.05, 0) is 0 Å². The lowest BCUT2D eigenvalue weighted by Gasteiger charge is -1.59. The number of carbonyl (C=O) groups is 1. The SMILES string of the molecule is CC(=O)O.c1nc[nH]n1. The normalized spacial score (nSPS) is 7.22. The molecular weight excluding hydrogens is 122 g/mol. The van der Waals surface area contributed by atoms with Gasteiger partial charge in [0.2, 0.25) is 0 Å². The highest BCUT2D eigenvalue weighted by atomic mass is 16.4. The van der Waals surface area contributed by atoms with E-state index in [9.17, 15) is 0 Å². The highest BCUT2D eigenvalue weighted by molar-refractivity contribution is 5.62. The number of carboxylic acid groups (broad SMARTS) is 1. The number of hydrogen-bond donors (Lipinski definition) is 2. The minimum atomic E-state index is -0.833. The molecule has 1 rings (SSSR count). The van der Waals surface area contributed by atoms with Crippen molar-refractivity contribution >= 4 is 5.97 Å². The van der Waals surface area contributed by atoms with Crippen LogP contribution < -0.4 is 0 Å². The Morgan fingerprint density at radius 2 is 2.33 bits per heavy atom. The molecule has 0 aromatic carbocycles. The number of aliphatic carboxylic acids is 1. The van der Waals surface area contributed by atoms with Gasteiger partial charge in [0.05, 0.1) is 0 Å². The Morgan fingerprint density at radius 1 is 1.78 bits per heavy atom. The molecule has 0 aliphatic rings. The van der Waals surface area contributed by atoms with Gasteiger partial charge in [-0.3, -0.25) is 9.89 Å². The smallest absolute Gasteiger partial charge is 0.300 e. The minimum absolute atomic E-state index is 0.833. The van der Waals surface area contributed by atoms with E-state index in [-0.39, 0.29) is 0 Å². The van der Waals surface area contributed by atoms with E-state index in [1.807, 2.05) is 0 Å². The first-order valence-electron chi connectivity index (χ1n) is 2.21. The van der Waals surface area contributed by atoms with Crippen LogP contribution >= 0.6 is 0 Å². The van der Waals surface area contributed by atoms with Gasteiger partial charge < -0.3 is 5.11 Å². The maximum Gasteiger partial charge on any atom is 0.300 e. The van der Waals surface area contributed by atoms with Crippen molar-refractivity contribution < 1.29 is 9.90 Å². The number of hydrogen-bond acceptors (Lipinski definition) is 3. The van der Waals surface area contributed by atoms with E-state index in [2.05, 4.69) is 15.2 Å². The topological polar surface area (TPSA) is 78.9 Å². The lowest BCUT2D eigenvalue weighted by atomic mass is 10.9. The first kappa shape index (κ1) is 7.61. The van der Waals surface area contributed by atoms with Gasteiger partial charge >= 0.3 is 0 Å². The molecule has 50 valence electrons. The maximum absolute atomic E-state index is 9.00. The van der Waals surface area contributed by atoms with Gasteiger partial charge in [-0.1, -0.05) is 0 Å². The summed E-state index contributed by atoms with van der Waals surface area (Å²) in [4.78, 5) is 12.6. The Hall–Kier alpha value is -1.39. The van der Waals surface area contributed by atoms with Crippen LogP contribution in [0.3, 0.4) is 0 Å². The number of carboxylic acids is 1. The summed E-state index contributed by atoms with van der Waals surface area (Å²) in [5.41, 5.74) is 0. The Kier molecular flexibility index (Phi) is 4.03. The zero-order valence-corrected chi connectivity index (χ0v) is 4.90. The number of nitrogens with one attached hydrogen (secondary N) is 1. The molecule has 0 unspecified atom stereocenters. The van der Waals surface area contributed by atoms with E-state index >= 15 is 0 Å². The Morgan fingerprint density at radius 3 is 2.44 bits per heavy atom. The van der Waals surface area contributed by atoms with Crippen molar-refractivity contribution in [3.8, 4) is 0 Å². The zero-order valence-electron chi connectivity index (χ0n) is 4.90. The fraction of sp³-hybridized carbons (Fsp3) is 0.250. The second kappa shape index (κ2) is 4.76. The van der Waals surface area contributed by atoms with Crippen molar-refractivity contribution in [3.63, 3.8) is 0 Å². The monoisotopic (exact) mass is 129 g/mol. The van der Waals surface area contributed by atoms with Gasteiger partial charge in [-0.25, -0.2) is 4.98 Å². The predicted molar refractivity (Wildman–Crippen MR) is 29.7 cm³/mol. The molecule has 0 saturated carbocycles. The van der Waals surface area contributed by atoms with Crippen LogP contribution in [0.5, 0.6) is 0 Å². The Bertz CT molecular complexity index is 128. The quantitative estimate of drug-likeness (QED) is 0.512. The third kappa shape index (κ3) is 10.8. The molecule has 1 aromatic rings. The molecule has 2 N–H and O–H groups in total. The van der Waals surface area contributed by atoms with Crippen LogP contribution in [0.4, 0.5) is 0 Å². The number of rotatable bonds is 0. The third-order valence-electron chi connectivity index (χ3n) is 0.331. The van der Waals surface area contributed by atoms with Gasteiger partial charge in [0.25, 0.3) is 5.97 Å². The first-order chi connectivity index (χ1) is 4.23. The molecule has 0 aliphatic carbocycles. The molecule has 0 amide bonds. The summed E-state index contributed by atoms with van der Waals surface area (Å²) < 4.78 is 0. The van der Waals surface area contributed by atoms with Crippen LogP contribution in [0.2, 0.25) is 0 Å². The minimum Gasteiger partial charge on any atom is -0.481 e. The van der Waals surface area contributed by atoms with Crippen LogP contribution in [0.15, 0.2) is 12.7 Å². The highest BCUT2D eigenvalue weighted by Gasteiger charge is 1.65. The van der Waals surface area contributed by atoms with Crippen molar-refractivity contribution in [3.05, 3.63) is 12.7 Å². The molecule has 1 aromatic heterocycles. The summed E-state index contributed by atoms with van der Waals surface area (Å²) in [6.07, 6.45) is 2.96. The summed E-state index contributed by atoms with van der Waals surface area (Å²) >= 11 is 0. The molecular formula is C4H7N3O2. The van der Waals surface area contributed by atoms with E-state index in [0.717, 1.165) is 6.92 Å². The first-order valence-corrected chi connectivity index (χ1v) is 2.21. The molecule has 9 heavy (non-hydrogen) atoms. The summed E-state index contributed by atoms with van der Waals surface area (Å²) in [6.45, 7) is 1.08. The summed E-state index contributed by atoms with van der Waals surface area (Å²) in [5, 5.41) is 13.4. The standard InChI is InChI=1S/C2H3N3.C2H4O2/c1-3-2-5-4-1;1-2(3)4/h1-2H,(H,3,4,5);1H3,(H,3,4). The molecule has 5 nitrogen and oxygen atoms in total. The molecule has 0 radical (unpaired) electrons. The maximum atomic E-state index is 9.00. The van der Waals surface area contributed by atoms with Crippen LogP contribution in [0.25, 0.3) is 0 Å². The van der Waals surface area contributed by atoms with E-state index in [4.69, 9.17) is 9.90 Å². The van der Waals surface area contributed by atoms with Gasteiger partial charge in [-0.15, -0.1) is 0 Å². The van der Waals surface area contributed by atoms with Gasteiger partial charge in [0.15, 0.2) is 0 Å². The largest absolute Gasteiger partial charge is 0.481 e. The summed E-state index contributed by atoms with van der Waals surface area (Å²) in [5.74, 6) is -0.833. The molecule has 0 saturated heterocycles. The molecule has 0 aliphatic heterocycles. The highest BCUT2D eigenvalue weighted by Crippen LogP contribution is 1.53. The van der Waals surface area contributed by atoms with Crippen LogP contribution in [-0.2, 0) is 4.79 Å². The fourth-order valence-corrected chi connectivity index (χ4v) is 0.167. The van der Waals surface area contributed by atoms with Crippen LogP contribution in [0.1, 0.15) is 6.92 Å². The van der Waals surface area contributed by atoms with E-state index in [0.29, 0.717) is 0 Å². The zero-order chi connectivity index (χ0) is 7.11. The summed E-state index contributed by atoms with van der Waals surface area (Å²) in [6, 6.07) is 0. The Balaban J connectivity index is 0.000000148. The molecule has 0 fully saturated rings. The number of aromatic nitrogens is 3. The fourth-order valence-electron chi connectivity index (χ4n) is 0.167. The van der Waals surface area contributed by atoms with Crippen molar-refractivity contribution in [1.82, 2.24) is 15.2 Å². The summed E-state index contributed by atoms with van der Waals surface area (Å²) in [7, 11) is 0. The van der Waals surface area contributed by atoms with E-state index < -0.39 is 5.97 Å². The van der Waals surface area contributed by atoms with Gasteiger partial charge in [0.1, 0.15) is 12.7 Å². The average molecular weight is 129 g/mol. The van der Waals surface area contributed by atoms with Gasteiger partial charge in [-0.2, -0.15) is 5.10 Å². The van der Waals surface area contributed by atoms with Gasteiger partial charge in [0, 0.05) is 6.92 Å². The van der Waals surface area contributed by atoms with Crippen molar-refractivity contribution in [1.29, 1.82) is 0 Å². The van der Waals surface area contributed by atoms with Crippen LogP contribution in [-0.4, -0.2) is 26.3 Å². The second-order valence-electron chi connectivity index (χ2n) is 1.17. The number of aromatic amines is 1. The molecule has 0 bridgehead atoms. The predicted octanol–water partition coefficient (Wildman–Crippen LogP) is -0.104. The average Bonchev–Trinajstić information content (AvgIpc) is 2.11. The van der Waals surface area contributed by atoms with E-state index in [1.54, 1.807) is 0 Å². The van der Waals surface area contributed by atoms with Crippen molar-refractivity contribution in [2.24, 2.45) is 0 Å². The number of H-pyrrole nitrogens is 1. The van der Waals surface area contributed by atoms with E-state index in [1.165, 1.54) is 12.7 Å². The third-order valence-corrected chi connectivity index (χ3v) is 0.331. The lowest BCUT2D eigenvalue weighted by molar-refractivity contribution is -0.134. The molecule has 0 spiro atoms. The molecule has 5 heteroatoms. The Labute approximate surface area is 51.7 Å². The molecule has 0 atom stereocenters. The lowest BCUT2D eigenvalue weighted by Crippen LogP contribution is -1.78. The second-order valence-corrected chi connectivity index (χ2v) is 1.17. The van der Waals surface area contributed by atoms with Crippen molar-refractivity contribution in [2.45, 2.75) is 6.92 Å². The van der Waals surface area contributed by atoms with Crippen molar-refractivity contribution in [2.75, 3.05) is 0 Å². The van der Waals surface area contributed by atoms with Crippen LogP contribution in [0, 0.1) is 0 Å². The number of nitrogens with zero attached hydrogens (tertiary/aromatic N) is 2.